The van der Waals surface area contributed by atoms with Crippen molar-refractivity contribution in [3.8, 4) is 17.2 Å². The number of aryl methyl sites for hydroxylation is 3. The second-order valence-corrected chi connectivity index (χ2v) is 13.1. The predicted octanol–water partition coefficient (Wildman–Crippen LogP) is 8.58. The molecule has 50 heavy (non-hydrogen) atoms. The van der Waals surface area contributed by atoms with Crippen LogP contribution < -0.4 is 14.2 Å². The zero-order chi connectivity index (χ0) is 35.7. The highest BCUT2D eigenvalue weighted by Gasteiger charge is 2.36. The Morgan fingerprint density at radius 1 is 0.740 bits per heavy atom. The van der Waals surface area contributed by atoms with Gasteiger partial charge < -0.3 is 34.5 Å². The molecule has 5 rings (SSSR count). The summed E-state index contributed by atoms with van der Waals surface area (Å²) in [4.78, 5) is 26.2. The van der Waals surface area contributed by atoms with Crippen molar-refractivity contribution in [2.45, 2.75) is 59.8 Å². The Morgan fingerprint density at radius 2 is 1.36 bits per heavy atom. The maximum Gasteiger partial charge on any atom is 0.344 e. The highest BCUT2D eigenvalue weighted by atomic mass is 16.5. The Kier molecular flexibility index (Phi) is 12.2. The summed E-state index contributed by atoms with van der Waals surface area (Å²) in [5, 5.41) is 17.6. The molecule has 1 heterocycles. The van der Waals surface area contributed by atoms with E-state index in [0.29, 0.717) is 56.9 Å². The van der Waals surface area contributed by atoms with Gasteiger partial charge in [-0.15, -0.1) is 0 Å². The molecular weight excluding hydrogens is 632 g/mol. The fourth-order valence-electron chi connectivity index (χ4n) is 6.07. The standard InChI is InChI=1S/C41H46N2O7/c1-5-41(25-47-26-41)24-46-18-8-6-7-9-19-48-38-17-14-31-32(35(38)23-43)12-13-33(34(31)22-42)40(45)50-37-16-11-30(21-29(37)4)39(44)49-36-15-10-27(2)20-28(36)3/h10-17,20-23,42-43H,5-9,18-19,24-26H2,1-4H3. The van der Waals surface area contributed by atoms with Crippen LogP contribution in [-0.2, 0) is 9.47 Å². The van der Waals surface area contributed by atoms with E-state index in [1.54, 1.807) is 49.4 Å². The summed E-state index contributed by atoms with van der Waals surface area (Å²) in [6.45, 7) is 11.4. The first-order valence-corrected chi connectivity index (χ1v) is 17.2. The normalized spacial score (nSPS) is 13.4. The minimum atomic E-state index is -0.636. The number of ether oxygens (including phenoxy) is 5. The Hall–Kier alpha value is -4.86. The number of unbranched alkanes of at least 4 members (excludes halogenated alkanes) is 3. The predicted molar refractivity (Wildman–Crippen MR) is 195 cm³/mol. The molecule has 0 radical (unpaired) electrons. The average Bonchev–Trinajstić information content (AvgIpc) is 3.09. The molecule has 2 N–H and O–H groups in total. The monoisotopic (exact) mass is 678 g/mol. The molecule has 4 aromatic rings. The number of carbonyl (C=O) groups is 2. The molecule has 1 saturated heterocycles. The third kappa shape index (κ3) is 8.46. The molecule has 0 aliphatic carbocycles. The number of benzene rings is 4. The Bertz CT molecular complexity index is 1870. The van der Waals surface area contributed by atoms with E-state index in [4.69, 9.17) is 34.5 Å². The van der Waals surface area contributed by atoms with E-state index in [1.165, 1.54) is 6.21 Å². The SMILES string of the molecule is CCC1(COCCCCCCOc2ccc3c(C=N)c(C(=O)Oc4ccc(C(=O)Oc5ccc(C)cc5C)cc4C)ccc3c2C=N)COC1. The van der Waals surface area contributed by atoms with Gasteiger partial charge in [-0.3, -0.25) is 0 Å². The van der Waals surface area contributed by atoms with Gasteiger partial charge in [0.2, 0.25) is 0 Å². The van der Waals surface area contributed by atoms with Gasteiger partial charge in [-0.05, 0) is 111 Å². The quantitative estimate of drug-likeness (QED) is 0.0496. The van der Waals surface area contributed by atoms with Crippen LogP contribution in [0.1, 0.15) is 87.6 Å². The molecule has 9 heteroatoms. The van der Waals surface area contributed by atoms with E-state index >= 15 is 0 Å². The lowest BCUT2D eigenvalue weighted by molar-refractivity contribution is -0.150. The minimum absolute atomic E-state index is 0.213. The molecule has 1 aliphatic heterocycles. The van der Waals surface area contributed by atoms with E-state index in [0.717, 1.165) is 75.9 Å². The van der Waals surface area contributed by atoms with Crippen LogP contribution in [0.4, 0.5) is 0 Å². The Labute approximate surface area is 293 Å². The smallest absolute Gasteiger partial charge is 0.344 e. The summed E-state index contributed by atoms with van der Waals surface area (Å²) in [6.07, 6.45) is 7.41. The molecule has 9 nitrogen and oxygen atoms in total. The molecule has 4 aromatic carbocycles. The topological polar surface area (TPSA) is 128 Å². The molecule has 1 fully saturated rings. The van der Waals surface area contributed by atoms with Crippen molar-refractivity contribution >= 4 is 35.1 Å². The number of hydrogen-bond acceptors (Lipinski definition) is 9. The van der Waals surface area contributed by atoms with Crippen LogP contribution in [0.3, 0.4) is 0 Å². The summed E-state index contributed by atoms with van der Waals surface area (Å²) >= 11 is 0. The van der Waals surface area contributed by atoms with Gasteiger partial charge in [0.05, 0.1) is 37.6 Å². The van der Waals surface area contributed by atoms with Gasteiger partial charge in [0.1, 0.15) is 17.2 Å². The molecule has 0 spiro atoms. The van der Waals surface area contributed by atoms with Gasteiger partial charge >= 0.3 is 11.9 Å². The van der Waals surface area contributed by atoms with Crippen LogP contribution in [0.5, 0.6) is 17.2 Å². The van der Waals surface area contributed by atoms with Crippen molar-refractivity contribution in [2.24, 2.45) is 5.41 Å². The van der Waals surface area contributed by atoms with Gasteiger partial charge in [-0.25, -0.2) is 9.59 Å². The van der Waals surface area contributed by atoms with Crippen LogP contribution in [0.25, 0.3) is 10.8 Å². The van der Waals surface area contributed by atoms with E-state index in [9.17, 15) is 9.59 Å². The summed E-state index contributed by atoms with van der Waals surface area (Å²) in [5.74, 6) is 0.219. The number of hydrogen-bond donors (Lipinski definition) is 2. The van der Waals surface area contributed by atoms with E-state index < -0.39 is 11.9 Å². The first-order chi connectivity index (χ1) is 24.2. The highest BCUT2D eigenvalue weighted by molar-refractivity contribution is 6.13. The van der Waals surface area contributed by atoms with Crippen LogP contribution in [0, 0.1) is 37.0 Å². The zero-order valence-electron chi connectivity index (χ0n) is 29.4. The van der Waals surface area contributed by atoms with Crippen molar-refractivity contribution in [3.63, 3.8) is 0 Å². The maximum atomic E-state index is 13.4. The first kappa shape index (κ1) is 36.4. The number of esters is 2. The second kappa shape index (κ2) is 16.7. The molecule has 0 bridgehead atoms. The second-order valence-electron chi connectivity index (χ2n) is 13.1. The summed E-state index contributed by atoms with van der Waals surface area (Å²) in [7, 11) is 0. The van der Waals surface area contributed by atoms with Gasteiger partial charge in [0.15, 0.2) is 0 Å². The van der Waals surface area contributed by atoms with Gasteiger partial charge in [0, 0.05) is 35.6 Å². The van der Waals surface area contributed by atoms with E-state index in [2.05, 4.69) is 6.92 Å². The van der Waals surface area contributed by atoms with Gasteiger partial charge in [-0.2, -0.15) is 0 Å². The molecule has 262 valence electrons. The van der Waals surface area contributed by atoms with Gasteiger partial charge in [0.25, 0.3) is 0 Å². The molecular formula is C41H46N2O7. The molecule has 0 atom stereocenters. The number of fused-ring (bicyclic) bond motifs is 1. The fraction of sp³-hybridized carbons (Fsp3) is 0.366. The fourth-order valence-corrected chi connectivity index (χ4v) is 6.07. The third-order valence-corrected chi connectivity index (χ3v) is 9.31. The van der Waals surface area contributed by atoms with Crippen molar-refractivity contribution in [1.29, 1.82) is 10.8 Å². The van der Waals surface area contributed by atoms with Crippen LogP contribution >= 0.6 is 0 Å². The highest BCUT2D eigenvalue weighted by Crippen LogP contribution is 2.33. The molecule has 0 unspecified atom stereocenters. The lowest BCUT2D eigenvalue weighted by Gasteiger charge is -2.40. The largest absolute Gasteiger partial charge is 0.493 e. The number of nitrogens with one attached hydrogen (secondary N) is 2. The van der Waals surface area contributed by atoms with Crippen LogP contribution in [0.15, 0.2) is 60.7 Å². The summed E-state index contributed by atoms with van der Waals surface area (Å²) < 4.78 is 28.7. The molecule has 0 saturated carbocycles. The zero-order valence-corrected chi connectivity index (χ0v) is 29.4. The Morgan fingerprint density at radius 3 is 2.00 bits per heavy atom. The lowest BCUT2D eigenvalue weighted by atomic mass is 9.84. The number of carbonyl (C=O) groups excluding carboxylic acids is 2. The van der Waals surface area contributed by atoms with Gasteiger partial charge in [-0.1, -0.05) is 37.1 Å². The Balaban J connectivity index is 1.18. The van der Waals surface area contributed by atoms with Crippen LogP contribution in [-0.4, -0.2) is 57.4 Å². The molecule has 1 aliphatic rings. The number of rotatable bonds is 17. The minimum Gasteiger partial charge on any atom is -0.493 e. The molecule has 0 amide bonds. The summed E-state index contributed by atoms with van der Waals surface area (Å²) in [5.41, 5.74) is 4.24. The van der Waals surface area contributed by atoms with Crippen molar-refractivity contribution in [2.75, 3.05) is 33.0 Å². The summed E-state index contributed by atoms with van der Waals surface area (Å²) in [6, 6.07) is 17.3. The van der Waals surface area contributed by atoms with Crippen molar-refractivity contribution < 1.29 is 33.3 Å². The van der Waals surface area contributed by atoms with Crippen molar-refractivity contribution in [3.05, 3.63) is 99.6 Å². The average molecular weight is 679 g/mol. The maximum absolute atomic E-state index is 13.4. The van der Waals surface area contributed by atoms with Crippen LogP contribution in [0.2, 0.25) is 0 Å². The van der Waals surface area contributed by atoms with Crippen molar-refractivity contribution in [1.82, 2.24) is 0 Å². The third-order valence-electron chi connectivity index (χ3n) is 9.31. The van der Waals surface area contributed by atoms with E-state index in [1.807, 2.05) is 32.0 Å². The lowest BCUT2D eigenvalue weighted by Crippen LogP contribution is -2.45. The first-order valence-electron chi connectivity index (χ1n) is 17.2. The van der Waals surface area contributed by atoms with E-state index in [-0.39, 0.29) is 11.0 Å². The molecule has 0 aromatic heterocycles.